The monoisotopic (exact) mass is 235 g/mol. The largest absolute Gasteiger partial charge is 0.467 e. The number of aromatic nitrogens is 3. The number of fused-ring (bicyclic) bond motifs is 1. The van der Waals surface area contributed by atoms with E-state index in [-0.39, 0.29) is 5.95 Å². The molecule has 2 heterocycles. The molecule has 2 unspecified atom stereocenters. The van der Waals surface area contributed by atoms with Gasteiger partial charge in [0.2, 0.25) is 11.9 Å². The highest BCUT2D eigenvalue weighted by Gasteiger charge is 2.37. The minimum atomic E-state index is 0.226. The van der Waals surface area contributed by atoms with Gasteiger partial charge in [0.25, 0.3) is 0 Å². The molecule has 2 N–H and O–H groups in total. The Morgan fingerprint density at radius 3 is 2.53 bits per heavy atom. The third-order valence-electron chi connectivity index (χ3n) is 3.81. The maximum absolute atomic E-state index is 5.65. The van der Waals surface area contributed by atoms with Gasteiger partial charge < -0.3 is 15.4 Å². The molecule has 0 radical (unpaired) electrons. The lowest BCUT2D eigenvalue weighted by Crippen LogP contribution is -2.24. The van der Waals surface area contributed by atoms with Gasteiger partial charge in [-0.3, -0.25) is 0 Å². The van der Waals surface area contributed by atoms with Crippen LogP contribution in [0.4, 0.5) is 11.9 Å². The van der Waals surface area contributed by atoms with Crippen molar-refractivity contribution >= 4 is 11.9 Å². The fourth-order valence-electron chi connectivity index (χ4n) is 2.99. The molecule has 2 fully saturated rings. The van der Waals surface area contributed by atoms with Crippen LogP contribution in [0.3, 0.4) is 0 Å². The molecule has 2 aliphatic rings. The fraction of sp³-hybridized carbons (Fsp3) is 0.727. The Morgan fingerprint density at radius 1 is 1.18 bits per heavy atom. The van der Waals surface area contributed by atoms with Gasteiger partial charge in [-0.05, 0) is 24.7 Å². The number of hydrogen-bond donors (Lipinski definition) is 1. The van der Waals surface area contributed by atoms with E-state index in [4.69, 9.17) is 10.5 Å². The van der Waals surface area contributed by atoms with Gasteiger partial charge in [0, 0.05) is 13.1 Å². The molecule has 1 aliphatic carbocycles. The van der Waals surface area contributed by atoms with Crippen molar-refractivity contribution in [2.75, 3.05) is 30.8 Å². The van der Waals surface area contributed by atoms with Crippen LogP contribution >= 0.6 is 0 Å². The van der Waals surface area contributed by atoms with E-state index in [1.807, 2.05) is 0 Å². The summed E-state index contributed by atoms with van der Waals surface area (Å²) < 4.78 is 5.02. The molecule has 6 heteroatoms. The van der Waals surface area contributed by atoms with Gasteiger partial charge in [-0.25, -0.2) is 0 Å². The van der Waals surface area contributed by atoms with E-state index >= 15 is 0 Å². The standard InChI is InChI=1S/C11H17N5O/c1-17-11-14-9(12)13-10(15-11)16-5-7-3-2-4-8(7)6-16/h7-8H,2-6H2,1H3,(H2,12,13,14,15). The van der Waals surface area contributed by atoms with Crippen LogP contribution in [-0.2, 0) is 0 Å². The van der Waals surface area contributed by atoms with Gasteiger partial charge in [0.15, 0.2) is 0 Å². The summed E-state index contributed by atoms with van der Waals surface area (Å²) in [7, 11) is 1.54. The van der Waals surface area contributed by atoms with Crippen molar-refractivity contribution in [3.8, 4) is 6.01 Å². The number of nitrogens with two attached hydrogens (primary N) is 1. The van der Waals surface area contributed by atoms with Gasteiger partial charge in [-0.15, -0.1) is 0 Å². The molecule has 0 bridgehead atoms. The molecule has 1 aromatic heterocycles. The first-order valence-corrected chi connectivity index (χ1v) is 6.07. The molecule has 0 spiro atoms. The molecule has 6 nitrogen and oxygen atoms in total. The number of anilines is 2. The molecule has 0 aromatic carbocycles. The summed E-state index contributed by atoms with van der Waals surface area (Å²) in [6.07, 6.45) is 4.03. The van der Waals surface area contributed by atoms with E-state index in [0.29, 0.717) is 12.0 Å². The van der Waals surface area contributed by atoms with E-state index in [0.717, 1.165) is 24.9 Å². The van der Waals surface area contributed by atoms with E-state index in [2.05, 4.69) is 19.9 Å². The molecular weight excluding hydrogens is 218 g/mol. The van der Waals surface area contributed by atoms with Crippen LogP contribution in [0.25, 0.3) is 0 Å². The van der Waals surface area contributed by atoms with E-state index < -0.39 is 0 Å². The highest BCUT2D eigenvalue weighted by atomic mass is 16.5. The van der Waals surface area contributed by atoms with Crippen molar-refractivity contribution in [3.63, 3.8) is 0 Å². The Balaban J connectivity index is 1.82. The van der Waals surface area contributed by atoms with Crippen molar-refractivity contribution in [1.82, 2.24) is 15.0 Å². The molecule has 92 valence electrons. The maximum Gasteiger partial charge on any atom is 0.322 e. The first kappa shape index (κ1) is 10.6. The van der Waals surface area contributed by atoms with Crippen LogP contribution < -0.4 is 15.4 Å². The first-order chi connectivity index (χ1) is 8.26. The number of rotatable bonds is 2. The second-order valence-electron chi connectivity index (χ2n) is 4.84. The van der Waals surface area contributed by atoms with Crippen LogP contribution in [0.1, 0.15) is 19.3 Å². The summed E-state index contributed by atoms with van der Waals surface area (Å²) in [4.78, 5) is 14.6. The topological polar surface area (TPSA) is 77.2 Å². The number of ether oxygens (including phenoxy) is 1. The minimum absolute atomic E-state index is 0.226. The Bertz CT molecular complexity index is 412. The lowest BCUT2D eigenvalue weighted by atomic mass is 10.0. The minimum Gasteiger partial charge on any atom is -0.467 e. The van der Waals surface area contributed by atoms with Crippen molar-refractivity contribution in [3.05, 3.63) is 0 Å². The summed E-state index contributed by atoms with van der Waals surface area (Å²) >= 11 is 0. The molecule has 1 saturated heterocycles. The molecule has 17 heavy (non-hydrogen) atoms. The second kappa shape index (κ2) is 4.01. The molecule has 0 amide bonds. The van der Waals surface area contributed by atoms with E-state index in [1.165, 1.54) is 26.4 Å². The first-order valence-electron chi connectivity index (χ1n) is 6.07. The highest BCUT2D eigenvalue weighted by Crippen LogP contribution is 2.38. The highest BCUT2D eigenvalue weighted by molar-refractivity contribution is 5.37. The summed E-state index contributed by atoms with van der Waals surface area (Å²) in [5, 5.41) is 0. The predicted molar refractivity (Wildman–Crippen MR) is 63.8 cm³/mol. The third kappa shape index (κ3) is 1.87. The zero-order valence-electron chi connectivity index (χ0n) is 9.96. The molecule has 2 atom stereocenters. The predicted octanol–water partition coefficient (Wildman–Crippen LogP) is 0.699. The van der Waals surface area contributed by atoms with Gasteiger partial charge >= 0.3 is 6.01 Å². The van der Waals surface area contributed by atoms with Crippen molar-refractivity contribution in [1.29, 1.82) is 0 Å². The van der Waals surface area contributed by atoms with Crippen LogP contribution in [0, 0.1) is 11.8 Å². The van der Waals surface area contributed by atoms with Gasteiger partial charge in [-0.2, -0.15) is 15.0 Å². The smallest absolute Gasteiger partial charge is 0.322 e. The van der Waals surface area contributed by atoms with Crippen molar-refractivity contribution < 1.29 is 4.74 Å². The summed E-state index contributed by atoms with van der Waals surface area (Å²) in [5.74, 6) is 2.49. The molecule has 3 rings (SSSR count). The molecule has 1 saturated carbocycles. The Labute approximate surface area is 100 Å². The Hall–Kier alpha value is -1.59. The van der Waals surface area contributed by atoms with Crippen LogP contribution in [0.15, 0.2) is 0 Å². The average Bonchev–Trinajstić information content (AvgIpc) is 2.88. The lowest BCUT2D eigenvalue weighted by molar-refractivity contribution is 0.379. The number of nitrogens with zero attached hydrogens (tertiary/aromatic N) is 4. The maximum atomic E-state index is 5.65. The number of hydrogen-bond acceptors (Lipinski definition) is 6. The van der Waals surface area contributed by atoms with Gasteiger partial charge in [0.1, 0.15) is 0 Å². The zero-order valence-corrected chi connectivity index (χ0v) is 9.96. The zero-order chi connectivity index (χ0) is 11.8. The number of methoxy groups -OCH3 is 1. The van der Waals surface area contributed by atoms with Crippen LogP contribution in [0.5, 0.6) is 6.01 Å². The third-order valence-corrected chi connectivity index (χ3v) is 3.81. The SMILES string of the molecule is COc1nc(N)nc(N2CC3CCCC3C2)n1. The summed E-state index contributed by atoms with van der Waals surface area (Å²) in [6.45, 7) is 2.08. The molecular formula is C11H17N5O. The van der Waals surface area contributed by atoms with E-state index in [1.54, 1.807) is 0 Å². The lowest BCUT2D eigenvalue weighted by Gasteiger charge is -2.17. The van der Waals surface area contributed by atoms with Crippen molar-refractivity contribution in [2.24, 2.45) is 11.8 Å². The van der Waals surface area contributed by atoms with Gasteiger partial charge in [0.05, 0.1) is 7.11 Å². The molecule has 1 aliphatic heterocycles. The second-order valence-corrected chi connectivity index (χ2v) is 4.84. The summed E-state index contributed by atoms with van der Waals surface area (Å²) in [5.41, 5.74) is 5.65. The van der Waals surface area contributed by atoms with Crippen LogP contribution in [-0.4, -0.2) is 35.2 Å². The average molecular weight is 235 g/mol. The number of nitrogen functional groups attached to an aromatic ring is 1. The Morgan fingerprint density at radius 2 is 1.88 bits per heavy atom. The molecule has 1 aromatic rings. The Kier molecular flexibility index (Phi) is 2.49. The van der Waals surface area contributed by atoms with Crippen molar-refractivity contribution in [2.45, 2.75) is 19.3 Å². The summed E-state index contributed by atoms with van der Waals surface area (Å²) in [6, 6.07) is 0.296. The van der Waals surface area contributed by atoms with Crippen LogP contribution in [0.2, 0.25) is 0 Å². The quantitative estimate of drug-likeness (QED) is 0.813. The van der Waals surface area contributed by atoms with Gasteiger partial charge in [-0.1, -0.05) is 6.42 Å². The normalized spacial score (nSPS) is 27.2. The fourth-order valence-corrected chi connectivity index (χ4v) is 2.99. The van der Waals surface area contributed by atoms with E-state index in [9.17, 15) is 0 Å².